The number of hydrogen-bond donors (Lipinski definition) is 2. The second-order valence-corrected chi connectivity index (χ2v) is 7.35. The lowest BCUT2D eigenvalue weighted by molar-refractivity contribution is 0.697. The summed E-state index contributed by atoms with van der Waals surface area (Å²) < 4.78 is 2.13. The van der Waals surface area contributed by atoms with Gasteiger partial charge in [0.15, 0.2) is 5.96 Å². The molecule has 0 saturated carbocycles. The van der Waals surface area contributed by atoms with Crippen LogP contribution >= 0.6 is 23.2 Å². The average Bonchev–Trinajstić information content (AvgIpc) is 3.09. The van der Waals surface area contributed by atoms with Crippen LogP contribution in [0.15, 0.2) is 65.9 Å². The first-order valence-electron chi connectivity index (χ1n) is 9.08. The number of aromatic nitrogens is 2. The van der Waals surface area contributed by atoms with E-state index in [2.05, 4.69) is 32.0 Å². The zero-order chi connectivity index (χ0) is 19.9. The lowest BCUT2D eigenvalue weighted by atomic mass is 10.1. The van der Waals surface area contributed by atoms with Crippen molar-refractivity contribution in [2.24, 2.45) is 10.7 Å². The molecule has 0 aliphatic rings. The van der Waals surface area contributed by atoms with Crippen LogP contribution in [0.5, 0.6) is 0 Å². The van der Waals surface area contributed by atoms with Crippen LogP contribution < -0.4 is 11.1 Å². The highest BCUT2D eigenvalue weighted by atomic mass is 35.5. The van der Waals surface area contributed by atoms with Crippen LogP contribution in [0.2, 0.25) is 10.0 Å². The van der Waals surface area contributed by atoms with Crippen LogP contribution in [0, 0.1) is 0 Å². The molecule has 3 rings (SSSR count). The van der Waals surface area contributed by atoms with Gasteiger partial charge in [0.25, 0.3) is 0 Å². The Balaban J connectivity index is 1.55. The molecular weight excluding hydrogens is 393 g/mol. The smallest absolute Gasteiger partial charge is 0.189 e. The maximum absolute atomic E-state index is 6.25. The molecule has 2 aromatic carbocycles. The summed E-state index contributed by atoms with van der Waals surface area (Å²) in [6.07, 6.45) is 4.50. The Bertz CT molecular complexity index is 937. The van der Waals surface area contributed by atoms with E-state index in [-0.39, 0.29) is 6.04 Å². The van der Waals surface area contributed by atoms with Crippen molar-refractivity contribution in [3.05, 3.63) is 87.9 Å². The van der Waals surface area contributed by atoms with E-state index in [1.807, 2.05) is 43.6 Å². The summed E-state index contributed by atoms with van der Waals surface area (Å²) in [5.74, 6) is 1.36. The van der Waals surface area contributed by atoms with E-state index < -0.39 is 0 Å². The molecule has 0 bridgehead atoms. The zero-order valence-electron chi connectivity index (χ0n) is 15.6. The fraction of sp³-hybridized carbons (Fsp3) is 0.238. The summed E-state index contributed by atoms with van der Waals surface area (Å²) in [5.41, 5.74) is 8.19. The van der Waals surface area contributed by atoms with Crippen molar-refractivity contribution in [2.75, 3.05) is 6.54 Å². The lowest BCUT2D eigenvalue weighted by Gasteiger charge is -2.16. The topological polar surface area (TPSA) is 68.2 Å². The molecule has 1 unspecified atom stereocenters. The summed E-state index contributed by atoms with van der Waals surface area (Å²) in [5, 5.41) is 4.37. The third-order valence-corrected chi connectivity index (χ3v) is 4.97. The van der Waals surface area contributed by atoms with Crippen molar-refractivity contribution in [2.45, 2.75) is 25.9 Å². The molecule has 1 atom stereocenters. The first-order valence-corrected chi connectivity index (χ1v) is 9.84. The van der Waals surface area contributed by atoms with Crippen LogP contribution in [-0.4, -0.2) is 22.1 Å². The highest BCUT2D eigenvalue weighted by Crippen LogP contribution is 2.25. The quantitative estimate of drug-likeness (QED) is 0.442. The molecule has 0 radical (unpaired) electrons. The minimum absolute atomic E-state index is 0.0754. The molecule has 0 amide bonds. The van der Waals surface area contributed by atoms with Gasteiger partial charge in [-0.3, -0.25) is 4.99 Å². The van der Waals surface area contributed by atoms with Crippen molar-refractivity contribution in [3.63, 3.8) is 0 Å². The minimum Gasteiger partial charge on any atom is -0.370 e. The van der Waals surface area contributed by atoms with Gasteiger partial charge in [-0.2, -0.15) is 0 Å². The summed E-state index contributed by atoms with van der Waals surface area (Å²) >= 11 is 12.2. The molecule has 146 valence electrons. The van der Waals surface area contributed by atoms with Crippen molar-refractivity contribution in [3.8, 4) is 0 Å². The van der Waals surface area contributed by atoms with E-state index in [4.69, 9.17) is 28.9 Å². The Morgan fingerprint density at radius 3 is 2.75 bits per heavy atom. The second kappa shape index (κ2) is 9.62. The number of imidazole rings is 1. The van der Waals surface area contributed by atoms with Crippen LogP contribution in [-0.2, 0) is 13.0 Å². The number of halogens is 2. The van der Waals surface area contributed by atoms with Gasteiger partial charge in [0, 0.05) is 41.9 Å². The van der Waals surface area contributed by atoms with Crippen LogP contribution in [0.4, 0.5) is 0 Å². The molecule has 0 spiro atoms. The second-order valence-electron chi connectivity index (χ2n) is 6.51. The Labute approximate surface area is 175 Å². The summed E-state index contributed by atoms with van der Waals surface area (Å²) in [6.45, 7) is 3.31. The van der Waals surface area contributed by atoms with Crippen LogP contribution in [0.1, 0.15) is 29.9 Å². The number of benzene rings is 2. The van der Waals surface area contributed by atoms with E-state index in [9.17, 15) is 0 Å². The lowest BCUT2D eigenvalue weighted by Crippen LogP contribution is -2.34. The number of guanidine groups is 1. The predicted molar refractivity (Wildman–Crippen MR) is 116 cm³/mol. The molecule has 1 aromatic heterocycles. The molecule has 3 N–H and O–H groups in total. The van der Waals surface area contributed by atoms with Crippen molar-refractivity contribution in [1.29, 1.82) is 0 Å². The van der Waals surface area contributed by atoms with Gasteiger partial charge in [-0.05, 0) is 30.2 Å². The number of nitrogens with zero attached hydrogens (tertiary/aromatic N) is 3. The fourth-order valence-corrected chi connectivity index (χ4v) is 3.54. The van der Waals surface area contributed by atoms with E-state index in [1.165, 1.54) is 5.56 Å². The van der Waals surface area contributed by atoms with Gasteiger partial charge in [-0.25, -0.2) is 4.98 Å². The first-order chi connectivity index (χ1) is 13.5. The van der Waals surface area contributed by atoms with Crippen LogP contribution in [0.3, 0.4) is 0 Å². The van der Waals surface area contributed by atoms with E-state index in [1.54, 1.807) is 12.1 Å². The SMILES string of the molecule is CC(NC(N)=NCCc1nccn1Cc1ccccc1)c1ccc(Cl)cc1Cl. The van der Waals surface area contributed by atoms with Gasteiger partial charge in [0.2, 0.25) is 0 Å². The Morgan fingerprint density at radius 1 is 1.21 bits per heavy atom. The molecule has 0 aliphatic carbocycles. The predicted octanol–water partition coefficient (Wildman–Crippen LogP) is 4.45. The Hall–Kier alpha value is -2.50. The summed E-state index contributed by atoms with van der Waals surface area (Å²) in [7, 11) is 0. The molecule has 0 fully saturated rings. The standard InChI is InChI=1S/C21H23Cl2N5/c1-15(18-8-7-17(22)13-19(18)23)27-21(24)26-10-9-20-25-11-12-28(20)14-16-5-3-2-4-6-16/h2-8,11-13,15H,9-10,14H2,1H3,(H3,24,26,27). The summed E-state index contributed by atoms with van der Waals surface area (Å²) in [6, 6.07) is 15.6. The fourth-order valence-electron chi connectivity index (χ4n) is 2.97. The van der Waals surface area contributed by atoms with Gasteiger partial charge in [-0.15, -0.1) is 0 Å². The van der Waals surface area contributed by atoms with Gasteiger partial charge in [0.05, 0.1) is 6.04 Å². The number of nitrogens with one attached hydrogen (secondary N) is 1. The largest absolute Gasteiger partial charge is 0.370 e. The minimum atomic E-state index is -0.0754. The van der Waals surface area contributed by atoms with Crippen molar-refractivity contribution in [1.82, 2.24) is 14.9 Å². The zero-order valence-corrected chi connectivity index (χ0v) is 17.2. The number of hydrogen-bond acceptors (Lipinski definition) is 2. The maximum Gasteiger partial charge on any atom is 0.189 e. The molecule has 7 heteroatoms. The number of aliphatic imine (C=N–C) groups is 1. The van der Waals surface area contributed by atoms with Crippen LogP contribution in [0.25, 0.3) is 0 Å². The molecule has 1 heterocycles. The maximum atomic E-state index is 6.25. The van der Waals surface area contributed by atoms with Gasteiger partial charge < -0.3 is 15.6 Å². The molecule has 3 aromatic rings. The average molecular weight is 416 g/mol. The van der Waals surface area contributed by atoms with E-state index in [0.29, 0.717) is 29.0 Å². The molecule has 0 aliphatic heterocycles. The third kappa shape index (κ3) is 5.50. The summed E-state index contributed by atoms with van der Waals surface area (Å²) in [4.78, 5) is 8.86. The molecular formula is C21H23Cl2N5. The van der Waals surface area contributed by atoms with Crippen molar-refractivity contribution < 1.29 is 0 Å². The monoisotopic (exact) mass is 415 g/mol. The van der Waals surface area contributed by atoms with Gasteiger partial charge >= 0.3 is 0 Å². The van der Waals surface area contributed by atoms with E-state index in [0.717, 1.165) is 17.9 Å². The molecule has 0 saturated heterocycles. The molecule has 28 heavy (non-hydrogen) atoms. The third-order valence-electron chi connectivity index (χ3n) is 4.41. The number of nitrogens with two attached hydrogens (primary N) is 1. The van der Waals surface area contributed by atoms with Gasteiger partial charge in [-0.1, -0.05) is 59.6 Å². The number of rotatable bonds is 7. The first kappa shape index (κ1) is 20.2. The van der Waals surface area contributed by atoms with Gasteiger partial charge in [0.1, 0.15) is 5.82 Å². The van der Waals surface area contributed by atoms with E-state index >= 15 is 0 Å². The highest BCUT2D eigenvalue weighted by Gasteiger charge is 2.11. The normalized spacial score (nSPS) is 12.8. The molecule has 5 nitrogen and oxygen atoms in total. The van der Waals surface area contributed by atoms with Crippen molar-refractivity contribution >= 4 is 29.2 Å². The Morgan fingerprint density at radius 2 is 2.00 bits per heavy atom. The highest BCUT2D eigenvalue weighted by molar-refractivity contribution is 6.35. The Kier molecular flexibility index (Phi) is 6.95.